The monoisotopic (exact) mass is 474 g/mol. The Bertz CT molecular complexity index is 1100. The summed E-state index contributed by atoms with van der Waals surface area (Å²) in [5.74, 6) is 1.04. The summed E-state index contributed by atoms with van der Waals surface area (Å²) in [6.07, 6.45) is -1.18. The van der Waals surface area contributed by atoms with E-state index in [1.54, 1.807) is 26.0 Å². The summed E-state index contributed by atoms with van der Waals surface area (Å²) < 4.78 is 15.6. The quantitative estimate of drug-likeness (QED) is 0.399. The molecule has 3 rings (SSSR count). The maximum Gasteiger partial charge on any atom is 0.412 e. The molecule has 2 aromatic carbocycles. The lowest BCUT2D eigenvalue weighted by atomic mass is 10.1. The van der Waals surface area contributed by atoms with Gasteiger partial charge in [0.2, 0.25) is 0 Å². The number of thioether (sulfide) groups is 1. The lowest BCUT2D eigenvalue weighted by Crippen LogP contribution is -2.17. The topological polar surface area (TPSA) is 90.7 Å². The van der Waals surface area contributed by atoms with Gasteiger partial charge in [-0.2, -0.15) is 0 Å². The Morgan fingerprint density at radius 1 is 1.22 bits per heavy atom. The number of anilines is 1. The van der Waals surface area contributed by atoms with E-state index in [9.17, 15) is 9.59 Å². The van der Waals surface area contributed by atoms with Gasteiger partial charge < -0.3 is 14.0 Å². The lowest BCUT2D eigenvalue weighted by Gasteiger charge is -2.15. The van der Waals surface area contributed by atoms with Crippen LogP contribution in [-0.2, 0) is 20.0 Å². The minimum atomic E-state index is -0.644. The summed E-state index contributed by atoms with van der Waals surface area (Å²) in [6.45, 7) is 3.48. The highest BCUT2D eigenvalue weighted by atomic mass is 35.5. The number of carbonyl (C=O) groups excluding carboxylic acids is 2. The van der Waals surface area contributed by atoms with Gasteiger partial charge in [-0.25, -0.2) is 4.79 Å². The first-order valence-corrected chi connectivity index (χ1v) is 11.3. The maximum atomic E-state index is 12.5. The van der Waals surface area contributed by atoms with E-state index in [-0.39, 0.29) is 11.7 Å². The third kappa shape index (κ3) is 6.05. The van der Waals surface area contributed by atoms with Gasteiger partial charge in [0.05, 0.1) is 12.9 Å². The number of benzene rings is 2. The first kappa shape index (κ1) is 23.7. The summed E-state index contributed by atoms with van der Waals surface area (Å²) in [6, 6.07) is 14.8. The molecule has 7 nitrogen and oxygen atoms in total. The van der Waals surface area contributed by atoms with Gasteiger partial charge in [0.15, 0.2) is 5.76 Å². The van der Waals surface area contributed by atoms with E-state index < -0.39 is 12.2 Å². The fraction of sp³-hybridized carbons (Fsp3) is 0.261. The van der Waals surface area contributed by atoms with Crippen molar-refractivity contribution >= 4 is 41.1 Å². The van der Waals surface area contributed by atoms with Crippen molar-refractivity contribution in [3.8, 4) is 11.3 Å². The Balaban J connectivity index is 1.71. The fourth-order valence-electron chi connectivity index (χ4n) is 2.99. The number of halogens is 1. The number of aromatic nitrogens is 1. The van der Waals surface area contributed by atoms with Gasteiger partial charge in [-0.15, -0.1) is 11.8 Å². The molecule has 168 valence electrons. The molecule has 0 fully saturated rings. The van der Waals surface area contributed by atoms with Crippen molar-refractivity contribution in [1.82, 2.24) is 5.16 Å². The number of amides is 1. The molecule has 1 unspecified atom stereocenters. The molecule has 32 heavy (non-hydrogen) atoms. The van der Waals surface area contributed by atoms with Crippen molar-refractivity contribution in [2.45, 2.75) is 25.7 Å². The van der Waals surface area contributed by atoms with Crippen molar-refractivity contribution < 1.29 is 23.6 Å². The van der Waals surface area contributed by atoms with E-state index in [2.05, 4.69) is 15.2 Å². The zero-order valence-electron chi connectivity index (χ0n) is 17.9. The largest absolute Gasteiger partial charge is 0.468 e. The number of carbonyl (C=O) groups is 2. The second-order valence-corrected chi connectivity index (χ2v) is 8.33. The second kappa shape index (κ2) is 11.1. The number of hydrogen-bond acceptors (Lipinski definition) is 7. The third-order valence-electron chi connectivity index (χ3n) is 4.62. The summed E-state index contributed by atoms with van der Waals surface area (Å²) in [4.78, 5) is 23.8. The number of nitrogens with zero attached hydrogens (tertiary/aromatic N) is 1. The van der Waals surface area contributed by atoms with Crippen LogP contribution in [0.3, 0.4) is 0 Å². The molecule has 0 radical (unpaired) electrons. The molecular weight excluding hydrogens is 452 g/mol. The predicted octanol–water partition coefficient (Wildman–Crippen LogP) is 6.02. The number of aryl methyl sites for hydroxylation is 1. The van der Waals surface area contributed by atoms with E-state index in [0.29, 0.717) is 33.5 Å². The molecule has 1 heterocycles. The van der Waals surface area contributed by atoms with Gasteiger partial charge in [-0.3, -0.25) is 10.1 Å². The van der Waals surface area contributed by atoms with Crippen LogP contribution in [0.15, 0.2) is 53.1 Å². The summed E-state index contributed by atoms with van der Waals surface area (Å²) in [5.41, 5.74) is 3.40. The van der Waals surface area contributed by atoms with Crippen LogP contribution in [0, 0.1) is 6.92 Å². The number of hydrogen-bond donors (Lipinski definition) is 1. The number of rotatable bonds is 8. The molecule has 0 spiro atoms. The molecule has 0 bridgehead atoms. The van der Waals surface area contributed by atoms with Crippen molar-refractivity contribution in [3.05, 3.63) is 70.4 Å². The number of methoxy groups -OCH3 is 1. The normalized spacial score (nSPS) is 11.6. The standard InChI is InChI=1S/C23H23ClN2O5S/c1-14-21(25-23(28)30-15(2)18-9-4-5-10-19(18)24)22(31-26-14)17-8-6-7-16(11-17)12-32-13-20(27)29-3/h4-11,15H,12-13H2,1-3H3,(H,25,28). The number of nitrogens with one attached hydrogen (secondary N) is 1. The number of ether oxygens (including phenoxy) is 2. The maximum absolute atomic E-state index is 12.5. The predicted molar refractivity (Wildman–Crippen MR) is 125 cm³/mol. The smallest absolute Gasteiger partial charge is 0.412 e. The van der Waals surface area contributed by atoms with Crippen molar-refractivity contribution in [1.29, 1.82) is 0 Å². The van der Waals surface area contributed by atoms with Crippen LogP contribution in [-0.4, -0.2) is 30.1 Å². The van der Waals surface area contributed by atoms with Gasteiger partial charge in [-0.1, -0.05) is 53.2 Å². The average Bonchev–Trinajstić information content (AvgIpc) is 3.14. The summed E-state index contributed by atoms with van der Waals surface area (Å²) >= 11 is 7.64. The Labute approximate surface area is 195 Å². The molecule has 0 saturated heterocycles. The summed E-state index contributed by atoms with van der Waals surface area (Å²) in [7, 11) is 1.37. The fourth-order valence-corrected chi connectivity index (χ4v) is 4.08. The number of esters is 1. The average molecular weight is 475 g/mol. The van der Waals surface area contributed by atoms with E-state index in [1.165, 1.54) is 18.9 Å². The van der Waals surface area contributed by atoms with E-state index in [0.717, 1.165) is 11.1 Å². The van der Waals surface area contributed by atoms with Crippen molar-refractivity contribution in [2.24, 2.45) is 0 Å². The van der Waals surface area contributed by atoms with Crippen LogP contribution in [0.1, 0.15) is 29.8 Å². The van der Waals surface area contributed by atoms with Crippen molar-refractivity contribution in [2.75, 3.05) is 18.2 Å². The highest BCUT2D eigenvalue weighted by Gasteiger charge is 2.20. The first-order valence-electron chi connectivity index (χ1n) is 9.81. The lowest BCUT2D eigenvalue weighted by molar-refractivity contribution is -0.137. The van der Waals surface area contributed by atoms with E-state index in [1.807, 2.05) is 36.4 Å². The van der Waals surface area contributed by atoms with E-state index in [4.69, 9.17) is 20.9 Å². The molecule has 0 aliphatic carbocycles. The Morgan fingerprint density at radius 3 is 2.75 bits per heavy atom. The van der Waals surface area contributed by atoms with Gasteiger partial charge in [0, 0.05) is 21.9 Å². The molecule has 0 aliphatic rings. The highest BCUT2D eigenvalue weighted by Crippen LogP contribution is 2.33. The van der Waals surface area contributed by atoms with Crippen molar-refractivity contribution in [3.63, 3.8) is 0 Å². The molecule has 9 heteroatoms. The molecule has 1 atom stereocenters. The molecule has 1 amide bonds. The van der Waals surface area contributed by atoms with Gasteiger partial charge in [0.25, 0.3) is 0 Å². The zero-order chi connectivity index (χ0) is 23.1. The van der Waals surface area contributed by atoms with Crippen LogP contribution < -0.4 is 5.32 Å². The molecule has 0 saturated carbocycles. The molecule has 1 N–H and O–H groups in total. The Kier molecular flexibility index (Phi) is 8.19. The molecular formula is C23H23ClN2O5S. The van der Waals surface area contributed by atoms with Crippen LogP contribution in [0.2, 0.25) is 5.02 Å². The SMILES string of the molecule is COC(=O)CSCc1cccc(-c2onc(C)c2NC(=O)OC(C)c2ccccc2Cl)c1. The van der Waals surface area contributed by atoms with Gasteiger partial charge in [-0.05, 0) is 31.5 Å². The molecule has 3 aromatic rings. The van der Waals surface area contributed by atoms with Crippen LogP contribution in [0.4, 0.5) is 10.5 Å². The first-order chi connectivity index (χ1) is 15.4. The zero-order valence-corrected chi connectivity index (χ0v) is 19.5. The summed E-state index contributed by atoms with van der Waals surface area (Å²) in [5, 5.41) is 7.25. The minimum absolute atomic E-state index is 0.268. The van der Waals surface area contributed by atoms with Crippen LogP contribution >= 0.6 is 23.4 Å². The highest BCUT2D eigenvalue weighted by molar-refractivity contribution is 7.99. The minimum Gasteiger partial charge on any atom is -0.468 e. The van der Waals surface area contributed by atoms with Crippen LogP contribution in [0.25, 0.3) is 11.3 Å². The Morgan fingerprint density at radius 2 is 2.00 bits per heavy atom. The van der Waals surface area contributed by atoms with Crippen LogP contribution in [0.5, 0.6) is 0 Å². The molecule has 0 aliphatic heterocycles. The Hall–Kier alpha value is -2.97. The molecule has 1 aromatic heterocycles. The van der Waals surface area contributed by atoms with Gasteiger partial charge >= 0.3 is 12.1 Å². The third-order valence-corrected chi connectivity index (χ3v) is 5.94. The second-order valence-electron chi connectivity index (χ2n) is 6.94. The van der Waals surface area contributed by atoms with Gasteiger partial charge in [0.1, 0.15) is 17.5 Å². The van der Waals surface area contributed by atoms with E-state index >= 15 is 0 Å².